The Morgan fingerprint density at radius 2 is 1.11 bits per heavy atom. The molecule has 2 aromatic rings. The van der Waals surface area contributed by atoms with Crippen molar-refractivity contribution in [1.29, 1.82) is 0 Å². The van der Waals surface area contributed by atoms with Gasteiger partial charge in [0.15, 0.2) is 0 Å². The molecule has 62 heavy (non-hydrogen) atoms. The van der Waals surface area contributed by atoms with Gasteiger partial charge in [0.2, 0.25) is 0 Å². The van der Waals surface area contributed by atoms with Crippen LogP contribution in [0.25, 0.3) is 0 Å². The molecule has 1 unspecified atom stereocenters. The molecule has 1 N–H and O–H groups in total. The molecule has 13 nitrogen and oxygen atoms in total. The molecule has 3 rings (SSSR count). The normalized spacial score (nSPS) is 16.9. The molecule has 1 aliphatic rings. The van der Waals surface area contributed by atoms with Gasteiger partial charge < -0.3 is 19.1 Å². The summed E-state index contributed by atoms with van der Waals surface area (Å²) in [6, 6.07) is 20.0. The predicted molar refractivity (Wildman–Crippen MR) is 244 cm³/mol. The smallest absolute Gasteiger partial charge is 0.459 e. The van der Waals surface area contributed by atoms with Crippen molar-refractivity contribution in [1.82, 2.24) is 14.7 Å². The zero-order valence-electron chi connectivity index (χ0n) is 40.0. The largest absolute Gasteiger partial charge is 0.472 e. The van der Waals surface area contributed by atoms with Gasteiger partial charge in [-0.1, -0.05) is 88.4 Å². The van der Waals surface area contributed by atoms with E-state index in [1.54, 1.807) is 41.5 Å². The van der Waals surface area contributed by atoms with Crippen molar-refractivity contribution in [3.05, 3.63) is 71.8 Å². The molecule has 0 saturated heterocycles. The van der Waals surface area contributed by atoms with E-state index in [-0.39, 0.29) is 49.6 Å². The monoisotopic (exact) mass is 888 g/mol. The van der Waals surface area contributed by atoms with Gasteiger partial charge >= 0.3 is 25.7 Å². The van der Waals surface area contributed by atoms with Crippen LogP contribution in [0.2, 0.25) is 0 Å². The number of carbonyl (C=O) groups excluding carboxylic acids is 3. The number of likely N-dealkylation sites (N-methyl/N-ethyl adjacent to an activating group) is 1. The van der Waals surface area contributed by atoms with Crippen molar-refractivity contribution < 1.29 is 47.1 Å². The van der Waals surface area contributed by atoms with Crippen molar-refractivity contribution in [3.63, 3.8) is 0 Å². The van der Waals surface area contributed by atoms with E-state index in [2.05, 4.69) is 24.3 Å². The summed E-state index contributed by atoms with van der Waals surface area (Å²) in [5, 5.41) is 0. The van der Waals surface area contributed by atoms with Crippen LogP contribution < -0.4 is 0 Å². The van der Waals surface area contributed by atoms with Crippen LogP contribution in [0.4, 0.5) is 0 Å². The Morgan fingerprint density at radius 1 is 0.694 bits per heavy atom. The number of phosphoric ester groups is 1. The molecule has 1 fully saturated rings. The average Bonchev–Trinajstić information content (AvgIpc) is 3.12. The predicted octanol–water partition coefficient (Wildman–Crippen LogP) is 8.41. The fourth-order valence-corrected chi connectivity index (χ4v) is 8.87. The second-order valence-electron chi connectivity index (χ2n) is 20.9. The molecule has 0 aliphatic heterocycles. The summed E-state index contributed by atoms with van der Waals surface area (Å²) in [7, 11) is -4.64. The third kappa shape index (κ3) is 19.7. The number of hydrogen-bond donors (Lipinski definition) is 1. The van der Waals surface area contributed by atoms with Gasteiger partial charge in [0.25, 0.3) is 0 Å². The number of hydrogen-bond acceptors (Lipinski definition) is 12. The van der Waals surface area contributed by atoms with Crippen LogP contribution >= 0.6 is 7.82 Å². The molecule has 2 atom stereocenters. The number of benzene rings is 2. The minimum atomic E-state index is -4.64. The first kappa shape index (κ1) is 53.2. The van der Waals surface area contributed by atoms with Crippen molar-refractivity contribution in [2.24, 2.45) is 5.41 Å². The molecule has 0 spiro atoms. The van der Waals surface area contributed by atoms with Crippen LogP contribution in [0.15, 0.2) is 60.7 Å². The van der Waals surface area contributed by atoms with Crippen LogP contribution in [0.3, 0.4) is 0 Å². The fraction of sp³-hybridized carbons (Fsp3) is 0.688. The molecule has 0 bridgehead atoms. The van der Waals surface area contributed by atoms with Gasteiger partial charge in [0.05, 0.1) is 32.3 Å². The summed E-state index contributed by atoms with van der Waals surface area (Å²) >= 11 is 0. The zero-order valence-corrected chi connectivity index (χ0v) is 40.9. The van der Waals surface area contributed by atoms with Crippen molar-refractivity contribution in [2.45, 2.75) is 150 Å². The molecule has 1 saturated carbocycles. The Balaban J connectivity index is 1.91. The van der Waals surface area contributed by atoms with E-state index < -0.39 is 48.7 Å². The highest BCUT2D eigenvalue weighted by molar-refractivity contribution is 7.47. The number of esters is 3. The number of ether oxygens (including phenoxy) is 3. The standard InChI is InChI=1S/C48H78N3O10P/c1-14-49(32-41(52)58-45(5,6)7)29-30-50(33-42(53)59-46(8,9)10)31-39(51(36-44(2,3)4)34-43(54)60-47(11,12)13)35-57-62(55,56)61-40-25-27-48(28-26-40,37-21-17-15-18-22-37)38-23-19-16-20-24-38/h15-24,39-40H,14,25-36H2,1-13H3,(H,55,56)/t39-/m1/s1. The molecule has 1 aliphatic carbocycles. The van der Waals surface area contributed by atoms with Gasteiger partial charge in [0.1, 0.15) is 16.8 Å². The summed E-state index contributed by atoms with van der Waals surface area (Å²) in [4.78, 5) is 56.8. The maximum absolute atomic E-state index is 13.9. The molecule has 0 radical (unpaired) electrons. The Hall–Kier alpha value is -3.16. The van der Waals surface area contributed by atoms with Gasteiger partial charge in [0, 0.05) is 37.6 Å². The minimum absolute atomic E-state index is 0.0550. The van der Waals surface area contributed by atoms with E-state index in [0.29, 0.717) is 51.9 Å². The lowest BCUT2D eigenvalue weighted by atomic mass is 9.65. The van der Waals surface area contributed by atoms with Crippen LogP contribution in [0, 0.1) is 5.41 Å². The summed E-state index contributed by atoms with van der Waals surface area (Å²) in [5.74, 6) is -1.29. The first-order valence-electron chi connectivity index (χ1n) is 22.2. The van der Waals surface area contributed by atoms with E-state index >= 15 is 0 Å². The third-order valence-corrected chi connectivity index (χ3v) is 11.3. The Morgan fingerprint density at radius 3 is 1.53 bits per heavy atom. The molecule has 0 amide bonds. The molecular weight excluding hydrogens is 810 g/mol. The van der Waals surface area contributed by atoms with Crippen LogP contribution in [0.5, 0.6) is 0 Å². The van der Waals surface area contributed by atoms with E-state index in [4.69, 9.17) is 23.3 Å². The maximum atomic E-state index is 13.9. The number of phosphoric acid groups is 1. The molecule has 0 heterocycles. The number of carbonyl (C=O) groups is 3. The van der Waals surface area contributed by atoms with E-state index in [1.807, 2.05) is 99.6 Å². The van der Waals surface area contributed by atoms with Gasteiger partial charge in [-0.2, -0.15) is 0 Å². The Kier molecular flexibility index (Phi) is 19.4. The molecular formula is C48H78N3O10P. The van der Waals surface area contributed by atoms with Crippen LogP contribution in [-0.4, -0.2) is 125 Å². The van der Waals surface area contributed by atoms with Crippen molar-refractivity contribution in [3.8, 4) is 0 Å². The summed E-state index contributed by atoms with van der Waals surface area (Å²) in [6.45, 7) is 25.6. The SMILES string of the molecule is CCN(CCN(CC(=O)OC(C)(C)C)C[C@H](COP(=O)(O)OC1CCC(c2ccccc2)(c2ccccc2)CC1)N(CC(=O)OC(C)(C)C)CC(C)(C)C)CC(=O)OC(C)(C)C. The summed E-state index contributed by atoms with van der Waals surface area (Å²) in [5.41, 5.74) is -0.322. The quantitative estimate of drug-likeness (QED) is 0.0729. The maximum Gasteiger partial charge on any atom is 0.472 e. The lowest BCUT2D eigenvalue weighted by Crippen LogP contribution is -2.53. The van der Waals surface area contributed by atoms with Gasteiger partial charge in [-0.05, 0) is 111 Å². The molecule has 14 heteroatoms. The lowest BCUT2D eigenvalue weighted by Gasteiger charge is -2.41. The lowest BCUT2D eigenvalue weighted by molar-refractivity contribution is -0.159. The minimum Gasteiger partial charge on any atom is -0.459 e. The number of rotatable bonds is 21. The highest BCUT2D eigenvalue weighted by Crippen LogP contribution is 2.51. The first-order valence-corrected chi connectivity index (χ1v) is 23.7. The van der Waals surface area contributed by atoms with Crippen LogP contribution in [-0.2, 0) is 47.6 Å². The van der Waals surface area contributed by atoms with Crippen molar-refractivity contribution in [2.75, 3.05) is 59.0 Å². The fourth-order valence-electron chi connectivity index (χ4n) is 7.86. The summed E-state index contributed by atoms with van der Waals surface area (Å²) < 4.78 is 42.9. The molecule has 2 aromatic carbocycles. The Labute approximate surface area is 372 Å². The van der Waals surface area contributed by atoms with Crippen molar-refractivity contribution >= 4 is 25.7 Å². The van der Waals surface area contributed by atoms with E-state index in [1.165, 1.54) is 11.1 Å². The zero-order chi connectivity index (χ0) is 46.6. The molecule has 350 valence electrons. The van der Waals surface area contributed by atoms with E-state index in [9.17, 15) is 23.8 Å². The Bertz CT molecular complexity index is 1700. The topological polar surface area (TPSA) is 144 Å². The second kappa shape index (κ2) is 22.6. The highest BCUT2D eigenvalue weighted by Gasteiger charge is 2.41. The average molecular weight is 888 g/mol. The second-order valence-corrected chi connectivity index (χ2v) is 22.3. The number of nitrogens with zero attached hydrogens (tertiary/aromatic N) is 3. The highest BCUT2D eigenvalue weighted by atomic mass is 31.2. The van der Waals surface area contributed by atoms with Gasteiger partial charge in [-0.15, -0.1) is 0 Å². The van der Waals surface area contributed by atoms with Crippen LogP contribution in [0.1, 0.15) is 127 Å². The summed E-state index contributed by atoms with van der Waals surface area (Å²) in [6.07, 6.45) is 1.98. The first-order chi connectivity index (χ1) is 28.6. The molecule has 0 aromatic heterocycles. The third-order valence-electron chi connectivity index (χ3n) is 10.3. The van der Waals surface area contributed by atoms with E-state index in [0.717, 1.165) is 0 Å². The van der Waals surface area contributed by atoms with Gasteiger partial charge in [-0.3, -0.25) is 38.1 Å². The van der Waals surface area contributed by atoms with Gasteiger partial charge in [-0.25, -0.2) is 4.57 Å².